The number of benzene rings is 1. The van der Waals surface area contributed by atoms with Crippen LogP contribution in [0.5, 0.6) is 11.5 Å². The lowest BCUT2D eigenvalue weighted by molar-refractivity contribution is -0.157. The molecule has 1 aromatic rings. The quantitative estimate of drug-likeness (QED) is 0.404. The molecule has 1 fully saturated rings. The van der Waals surface area contributed by atoms with Gasteiger partial charge in [0.1, 0.15) is 11.5 Å². The van der Waals surface area contributed by atoms with Crippen LogP contribution in [0.2, 0.25) is 0 Å². The number of nitrogens with two attached hydrogens (primary N) is 1. The van der Waals surface area contributed by atoms with Crippen molar-refractivity contribution >= 4 is 11.9 Å². The number of primary amides is 1. The van der Waals surface area contributed by atoms with Gasteiger partial charge in [-0.25, -0.2) is 0 Å². The fourth-order valence-electron chi connectivity index (χ4n) is 2.97. The zero-order chi connectivity index (χ0) is 19.7. The van der Waals surface area contributed by atoms with E-state index in [0.717, 1.165) is 31.2 Å². The van der Waals surface area contributed by atoms with Crippen molar-refractivity contribution in [2.24, 2.45) is 5.73 Å². The van der Waals surface area contributed by atoms with Gasteiger partial charge in [0.05, 0.1) is 6.61 Å². The van der Waals surface area contributed by atoms with E-state index in [1.807, 2.05) is 6.07 Å². The molecule has 1 saturated carbocycles. The van der Waals surface area contributed by atoms with E-state index in [-0.39, 0.29) is 18.1 Å². The van der Waals surface area contributed by atoms with Gasteiger partial charge in [-0.15, -0.1) is 0 Å². The average molecular weight is 377 g/mol. The maximum Gasteiger partial charge on any atom is 0.306 e. The van der Waals surface area contributed by atoms with Crippen LogP contribution in [0.4, 0.5) is 0 Å². The minimum Gasteiger partial charge on any atom is -0.508 e. The van der Waals surface area contributed by atoms with Crippen molar-refractivity contribution in [3.8, 4) is 11.5 Å². The Kier molecular flexibility index (Phi) is 7.95. The molecule has 6 heteroatoms. The molecule has 27 heavy (non-hydrogen) atoms. The van der Waals surface area contributed by atoms with Gasteiger partial charge < -0.3 is 20.3 Å². The van der Waals surface area contributed by atoms with Gasteiger partial charge in [-0.2, -0.15) is 0 Å². The third-order valence-electron chi connectivity index (χ3n) is 4.78. The normalized spacial score (nSPS) is 14.6. The SMILES string of the molecule is CCCCCc1cc(O)cc(OCCCCCC(=O)OC2(C(N)=O)CC2)c1. The fraction of sp³-hybridized carbons (Fsp3) is 0.619. The minimum atomic E-state index is -1.02. The Morgan fingerprint density at radius 2 is 1.89 bits per heavy atom. The molecule has 1 amide bonds. The van der Waals surface area contributed by atoms with Gasteiger partial charge in [-0.3, -0.25) is 9.59 Å². The number of ether oxygens (including phenoxy) is 2. The number of carbonyl (C=O) groups excluding carboxylic acids is 2. The first-order valence-electron chi connectivity index (χ1n) is 9.92. The summed E-state index contributed by atoms with van der Waals surface area (Å²) in [6, 6.07) is 5.39. The highest BCUT2D eigenvalue weighted by Crippen LogP contribution is 2.39. The first-order valence-corrected chi connectivity index (χ1v) is 9.92. The van der Waals surface area contributed by atoms with E-state index >= 15 is 0 Å². The van der Waals surface area contributed by atoms with Gasteiger partial charge in [0.15, 0.2) is 5.60 Å². The van der Waals surface area contributed by atoms with E-state index in [4.69, 9.17) is 15.2 Å². The molecule has 1 aliphatic carbocycles. The number of phenols is 1. The predicted molar refractivity (Wildman–Crippen MR) is 103 cm³/mol. The number of unbranched alkanes of at least 4 members (excludes halogenated alkanes) is 4. The lowest BCUT2D eigenvalue weighted by Gasteiger charge is -2.12. The van der Waals surface area contributed by atoms with E-state index in [2.05, 4.69) is 6.92 Å². The number of aryl methyl sites for hydroxylation is 1. The van der Waals surface area contributed by atoms with Crippen molar-refractivity contribution in [1.82, 2.24) is 0 Å². The van der Waals surface area contributed by atoms with Crippen LogP contribution < -0.4 is 10.5 Å². The molecule has 0 saturated heterocycles. The van der Waals surface area contributed by atoms with Crippen LogP contribution >= 0.6 is 0 Å². The molecule has 2 rings (SSSR count). The molecule has 0 heterocycles. The van der Waals surface area contributed by atoms with E-state index in [1.165, 1.54) is 12.8 Å². The van der Waals surface area contributed by atoms with E-state index in [1.54, 1.807) is 12.1 Å². The van der Waals surface area contributed by atoms with Crippen molar-refractivity contribution in [3.05, 3.63) is 23.8 Å². The standard InChI is InChI=1S/C21H31NO5/c1-2-3-5-8-16-13-17(23)15-18(14-16)26-12-7-4-6-9-19(24)27-21(10-11-21)20(22)25/h13-15,23H,2-12H2,1H3,(H2,22,25). The second-order valence-electron chi connectivity index (χ2n) is 7.28. The number of amides is 1. The van der Waals surface area contributed by atoms with Crippen LogP contribution in [0.25, 0.3) is 0 Å². The highest BCUT2D eigenvalue weighted by atomic mass is 16.6. The summed E-state index contributed by atoms with van der Waals surface area (Å²) in [5, 5.41) is 9.82. The van der Waals surface area contributed by atoms with Crippen molar-refractivity contribution in [1.29, 1.82) is 0 Å². The molecule has 0 aliphatic heterocycles. The summed E-state index contributed by atoms with van der Waals surface area (Å²) >= 11 is 0. The van der Waals surface area contributed by atoms with Crippen LogP contribution in [0.15, 0.2) is 18.2 Å². The number of phenolic OH excluding ortho intramolecular Hbond substituents is 1. The average Bonchev–Trinajstić information content (AvgIpc) is 3.38. The summed E-state index contributed by atoms with van der Waals surface area (Å²) in [7, 11) is 0. The Morgan fingerprint density at radius 3 is 2.56 bits per heavy atom. The lowest BCUT2D eigenvalue weighted by Crippen LogP contribution is -2.35. The number of esters is 1. The van der Waals surface area contributed by atoms with Gasteiger partial charge in [-0.05, 0) is 49.8 Å². The third-order valence-corrected chi connectivity index (χ3v) is 4.78. The molecule has 6 nitrogen and oxygen atoms in total. The Bertz CT molecular complexity index is 639. The van der Waals surface area contributed by atoms with E-state index < -0.39 is 11.5 Å². The third kappa shape index (κ3) is 7.12. The molecular weight excluding hydrogens is 346 g/mol. The maximum atomic E-state index is 11.8. The molecule has 0 spiro atoms. The van der Waals surface area contributed by atoms with Gasteiger partial charge in [0.25, 0.3) is 5.91 Å². The molecule has 150 valence electrons. The number of hydrogen-bond acceptors (Lipinski definition) is 5. The van der Waals surface area contributed by atoms with Crippen LogP contribution in [-0.4, -0.2) is 29.2 Å². The molecule has 3 N–H and O–H groups in total. The molecular formula is C21H31NO5. The Morgan fingerprint density at radius 1 is 1.11 bits per heavy atom. The number of hydrogen-bond donors (Lipinski definition) is 2. The van der Waals surface area contributed by atoms with Crippen LogP contribution in [0.1, 0.15) is 70.3 Å². The Hall–Kier alpha value is -2.24. The molecule has 1 aromatic carbocycles. The van der Waals surface area contributed by atoms with Gasteiger partial charge in [0.2, 0.25) is 0 Å². The zero-order valence-electron chi connectivity index (χ0n) is 16.2. The van der Waals surface area contributed by atoms with Crippen molar-refractivity contribution < 1.29 is 24.2 Å². The summed E-state index contributed by atoms with van der Waals surface area (Å²) in [6.07, 6.45) is 8.03. The van der Waals surface area contributed by atoms with Crippen molar-refractivity contribution in [2.75, 3.05) is 6.61 Å². The van der Waals surface area contributed by atoms with E-state index in [9.17, 15) is 14.7 Å². The fourth-order valence-corrected chi connectivity index (χ4v) is 2.97. The number of rotatable bonds is 13. The maximum absolute atomic E-state index is 11.8. The van der Waals surface area contributed by atoms with Crippen LogP contribution in [0, 0.1) is 0 Å². The highest BCUT2D eigenvalue weighted by molar-refractivity contribution is 5.89. The van der Waals surface area contributed by atoms with Crippen LogP contribution in [0.3, 0.4) is 0 Å². The lowest BCUT2D eigenvalue weighted by atomic mass is 10.1. The second-order valence-corrected chi connectivity index (χ2v) is 7.28. The van der Waals surface area contributed by atoms with Crippen molar-refractivity contribution in [2.45, 2.75) is 76.7 Å². The molecule has 0 bridgehead atoms. The molecule has 0 aromatic heterocycles. The largest absolute Gasteiger partial charge is 0.508 e. The zero-order valence-corrected chi connectivity index (χ0v) is 16.2. The molecule has 0 atom stereocenters. The summed E-state index contributed by atoms with van der Waals surface area (Å²) < 4.78 is 10.9. The van der Waals surface area contributed by atoms with Crippen molar-refractivity contribution in [3.63, 3.8) is 0 Å². The Balaban J connectivity index is 1.61. The van der Waals surface area contributed by atoms with Gasteiger partial charge in [0, 0.05) is 25.3 Å². The summed E-state index contributed by atoms with van der Waals surface area (Å²) in [5.41, 5.74) is 5.30. The first kappa shape index (κ1) is 21.1. The first-order chi connectivity index (χ1) is 12.9. The molecule has 0 radical (unpaired) electrons. The van der Waals surface area contributed by atoms with Crippen LogP contribution in [-0.2, 0) is 20.7 Å². The summed E-state index contributed by atoms with van der Waals surface area (Å²) in [5.74, 6) is -0.00964. The summed E-state index contributed by atoms with van der Waals surface area (Å²) in [4.78, 5) is 23.0. The van der Waals surface area contributed by atoms with Gasteiger partial charge in [-0.1, -0.05) is 19.8 Å². The second kappa shape index (κ2) is 10.2. The Labute approximate surface area is 161 Å². The molecule has 1 aliphatic rings. The summed E-state index contributed by atoms with van der Waals surface area (Å²) in [6.45, 7) is 2.69. The number of aromatic hydroxyl groups is 1. The van der Waals surface area contributed by atoms with Gasteiger partial charge >= 0.3 is 5.97 Å². The van der Waals surface area contributed by atoms with E-state index in [0.29, 0.717) is 31.6 Å². The monoisotopic (exact) mass is 377 g/mol. The number of carbonyl (C=O) groups is 2. The molecule has 0 unspecified atom stereocenters. The smallest absolute Gasteiger partial charge is 0.306 e. The highest BCUT2D eigenvalue weighted by Gasteiger charge is 2.52. The predicted octanol–water partition coefficient (Wildman–Crippen LogP) is 3.63. The minimum absolute atomic E-state index is 0.227. The topological polar surface area (TPSA) is 98.8 Å².